The van der Waals surface area contributed by atoms with E-state index in [4.69, 9.17) is 5.73 Å². The van der Waals surface area contributed by atoms with Gasteiger partial charge >= 0.3 is 0 Å². The summed E-state index contributed by atoms with van der Waals surface area (Å²) in [5.41, 5.74) is 7.33. The number of nitrogens with zero attached hydrogens (tertiary/aromatic N) is 2. The highest BCUT2D eigenvalue weighted by molar-refractivity contribution is 5.92. The van der Waals surface area contributed by atoms with E-state index in [0.717, 1.165) is 11.3 Å². The SMILES string of the molecule is Cc1nn(C)c(C(N)=O)c1C. The fourth-order valence-corrected chi connectivity index (χ4v) is 1.11. The molecule has 0 saturated carbocycles. The topological polar surface area (TPSA) is 60.9 Å². The van der Waals surface area contributed by atoms with Crippen molar-refractivity contribution in [3.63, 3.8) is 0 Å². The Morgan fingerprint density at radius 2 is 2.09 bits per heavy atom. The molecule has 1 heterocycles. The number of aryl methyl sites for hydroxylation is 2. The second kappa shape index (κ2) is 2.38. The molecule has 4 heteroatoms. The Kier molecular flexibility index (Phi) is 1.68. The van der Waals surface area contributed by atoms with Crippen LogP contribution < -0.4 is 5.73 Å². The van der Waals surface area contributed by atoms with Crippen LogP contribution in [-0.2, 0) is 7.05 Å². The summed E-state index contributed by atoms with van der Waals surface area (Å²) in [6.07, 6.45) is 0. The van der Waals surface area contributed by atoms with Gasteiger partial charge in [0.15, 0.2) is 0 Å². The van der Waals surface area contributed by atoms with Crippen LogP contribution >= 0.6 is 0 Å². The molecule has 0 unspecified atom stereocenters. The lowest BCUT2D eigenvalue weighted by Crippen LogP contribution is -2.16. The zero-order valence-corrected chi connectivity index (χ0v) is 6.88. The highest BCUT2D eigenvalue weighted by Gasteiger charge is 2.12. The van der Waals surface area contributed by atoms with Crippen LogP contribution in [0, 0.1) is 13.8 Å². The van der Waals surface area contributed by atoms with E-state index < -0.39 is 5.91 Å². The summed E-state index contributed by atoms with van der Waals surface area (Å²) < 4.78 is 1.51. The second-order valence-corrected chi connectivity index (χ2v) is 2.55. The number of aromatic nitrogens is 2. The molecule has 0 spiro atoms. The molecule has 1 aromatic heterocycles. The molecule has 0 atom stereocenters. The van der Waals surface area contributed by atoms with Crippen LogP contribution in [0.2, 0.25) is 0 Å². The van der Waals surface area contributed by atoms with E-state index in [1.807, 2.05) is 13.8 Å². The number of rotatable bonds is 1. The standard InChI is InChI=1S/C7H11N3O/c1-4-5(2)9-10(3)6(4)7(8)11/h1-3H3,(H2,8,11). The molecule has 60 valence electrons. The van der Waals surface area contributed by atoms with Crippen molar-refractivity contribution in [3.05, 3.63) is 17.0 Å². The van der Waals surface area contributed by atoms with Crippen LogP contribution in [0.15, 0.2) is 0 Å². The molecular formula is C7H11N3O. The third kappa shape index (κ3) is 1.11. The summed E-state index contributed by atoms with van der Waals surface area (Å²) in [6.45, 7) is 3.68. The van der Waals surface area contributed by atoms with Gasteiger partial charge in [-0.05, 0) is 13.8 Å². The Morgan fingerprint density at radius 1 is 1.55 bits per heavy atom. The number of nitrogens with two attached hydrogens (primary N) is 1. The fraction of sp³-hybridized carbons (Fsp3) is 0.429. The largest absolute Gasteiger partial charge is 0.364 e. The number of amides is 1. The minimum Gasteiger partial charge on any atom is -0.364 e. The first-order valence-electron chi connectivity index (χ1n) is 3.34. The van der Waals surface area contributed by atoms with E-state index in [2.05, 4.69) is 5.10 Å². The Bertz CT molecular complexity index is 301. The maximum Gasteiger partial charge on any atom is 0.267 e. The lowest BCUT2D eigenvalue weighted by Gasteiger charge is -1.95. The molecule has 0 bridgehead atoms. The first-order chi connectivity index (χ1) is 5.04. The molecule has 0 aliphatic rings. The van der Waals surface area contributed by atoms with Crippen molar-refractivity contribution < 1.29 is 4.79 Å². The van der Waals surface area contributed by atoms with E-state index >= 15 is 0 Å². The fourth-order valence-electron chi connectivity index (χ4n) is 1.11. The van der Waals surface area contributed by atoms with Crippen molar-refractivity contribution in [1.29, 1.82) is 0 Å². The van der Waals surface area contributed by atoms with Gasteiger partial charge < -0.3 is 5.73 Å². The van der Waals surface area contributed by atoms with Gasteiger partial charge in [-0.15, -0.1) is 0 Å². The summed E-state index contributed by atoms with van der Waals surface area (Å²) in [4.78, 5) is 10.8. The van der Waals surface area contributed by atoms with Crippen molar-refractivity contribution in [2.45, 2.75) is 13.8 Å². The monoisotopic (exact) mass is 153 g/mol. The predicted octanol–water partition coefficient (Wildman–Crippen LogP) is 0.136. The molecule has 11 heavy (non-hydrogen) atoms. The van der Waals surface area contributed by atoms with E-state index in [1.54, 1.807) is 7.05 Å². The minimum atomic E-state index is -0.425. The van der Waals surface area contributed by atoms with Gasteiger partial charge in [-0.25, -0.2) is 0 Å². The van der Waals surface area contributed by atoms with Gasteiger partial charge in [-0.3, -0.25) is 9.48 Å². The summed E-state index contributed by atoms with van der Waals surface area (Å²) in [5, 5.41) is 4.05. The predicted molar refractivity (Wildman–Crippen MR) is 41.2 cm³/mol. The van der Waals surface area contributed by atoms with Crippen LogP contribution in [-0.4, -0.2) is 15.7 Å². The Morgan fingerprint density at radius 3 is 2.27 bits per heavy atom. The van der Waals surface area contributed by atoms with E-state index in [0.29, 0.717) is 5.69 Å². The van der Waals surface area contributed by atoms with Crippen molar-refractivity contribution in [2.24, 2.45) is 12.8 Å². The number of hydrogen-bond acceptors (Lipinski definition) is 2. The van der Waals surface area contributed by atoms with E-state index in [1.165, 1.54) is 4.68 Å². The molecular weight excluding hydrogens is 142 g/mol. The normalized spacial score (nSPS) is 10.1. The van der Waals surface area contributed by atoms with E-state index in [-0.39, 0.29) is 0 Å². The van der Waals surface area contributed by atoms with E-state index in [9.17, 15) is 4.79 Å². The Balaban J connectivity index is 3.34. The lowest BCUT2D eigenvalue weighted by molar-refractivity contribution is 0.0991. The summed E-state index contributed by atoms with van der Waals surface area (Å²) in [7, 11) is 1.71. The van der Waals surface area contributed by atoms with Crippen LogP contribution in [0.5, 0.6) is 0 Å². The molecule has 0 fully saturated rings. The third-order valence-electron chi connectivity index (χ3n) is 1.75. The van der Waals surface area contributed by atoms with Crippen LogP contribution in [0.25, 0.3) is 0 Å². The average Bonchev–Trinajstić information content (AvgIpc) is 2.07. The molecule has 0 aliphatic heterocycles. The zero-order valence-electron chi connectivity index (χ0n) is 6.88. The molecule has 4 nitrogen and oxygen atoms in total. The van der Waals surface area contributed by atoms with Crippen LogP contribution in [0.4, 0.5) is 0 Å². The van der Waals surface area contributed by atoms with Gasteiger partial charge in [0.05, 0.1) is 5.69 Å². The third-order valence-corrected chi connectivity index (χ3v) is 1.75. The highest BCUT2D eigenvalue weighted by atomic mass is 16.1. The molecule has 0 saturated heterocycles. The maximum absolute atomic E-state index is 10.8. The Hall–Kier alpha value is -1.32. The number of carbonyl (C=O) groups excluding carboxylic acids is 1. The first kappa shape index (κ1) is 7.78. The maximum atomic E-state index is 10.8. The average molecular weight is 153 g/mol. The molecule has 0 aliphatic carbocycles. The second-order valence-electron chi connectivity index (χ2n) is 2.55. The van der Waals surface area contributed by atoms with Gasteiger partial charge in [-0.2, -0.15) is 5.10 Å². The molecule has 0 aromatic carbocycles. The van der Waals surface area contributed by atoms with Crippen molar-refractivity contribution in [3.8, 4) is 0 Å². The lowest BCUT2D eigenvalue weighted by atomic mass is 10.2. The zero-order chi connectivity index (χ0) is 8.59. The molecule has 0 radical (unpaired) electrons. The van der Waals surface area contributed by atoms with Crippen LogP contribution in [0.1, 0.15) is 21.7 Å². The number of carbonyl (C=O) groups is 1. The number of hydrogen-bond donors (Lipinski definition) is 1. The van der Waals surface area contributed by atoms with Gasteiger partial charge in [-0.1, -0.05) is 0 Å². The summed E-state index contributed by atoms with van der Waals surface area (Å²) in [5.74, 6) is -0.425. The quantitative estimate of drug-likeness (QED) is 0.623. The Labute approximate surface area is 65.0 Å². The molecule has 1 amide bonds. The molecule has 1 rings (SSSR count). The van der Waals surface area contributed by atoms with Crippen LogP contribution in [0.3, 0.4) is 0 Å². The highest BCUT2D eigenvalue weighted by Crippen LogP contribution is 2.09. The molecule has 1 aromatic rings. The molecule has 2 N–H and O–H groups in total. The van der Waals surface area contributed by atoms with Gasteiger partial charge in [0, 0.05) is 12.6 Å². The smallest absolute Gasteiger partial charge is 0.267 e. The van der Waals surface area contributed by atoms with Crippen molar-refractivity contribution in [1.82, 2.24) is 9.78 Å². The van der Waals surface area contributed by atoms with Gasteiger partial charge in [0.1, 0.15) is 5.69 Å². The first-order valence-corrected chi connectivity index (χ1v) is 3.34. The summed E-state index contributed by atoms with van der Waals surface area (Å²) >= 11 is 0. The minimum absolute atomic E-state index is 0.425. The summed E-state index contributed by atoms with van der Waals surface area (Å²) in [6, 6.07) is 0. The number of primary amides is 1. The van der Waals surface area contributed by atoms with Crippen molar-refractivity contribution >= 4 is 5.91 Å². The van der Waals surface area contributed by atoms with Crippen molar-refractivity contribution in [2.75, 3.05) is 0 Å². The van der Waals surface area contributed by atoms with Gasteiger partial charge in [0.25, 0.3) is 5.91 Å². The van der Waals surface area contributed by atoms with Gasteiger partial charge in [0.2, 0.25) is 0 Å².